The number of fused-ring (bicyclic) bond motifs is 3. The zero-order valence-corrected chi connectivity index (χ0v) is 16.1. The molecular formula is C21H26BFO4. The number of benzene rings is 1. The predicted octanol–water partition coefficient (Wildman–Crippen LogP) is 4.62. The molecule has 144 valence electrons. The lowest BCUT2D eigenvalue weighted by molar-refractivity contribution is 0.0521. The highest BCUT2D eigenvalue weighted by atomic mass is 19.1. The Morgan fingerprint density at radius 3 is 2.89 bits per heavy atom. The molecule has 0 spiro atoms. The fourth-order valence-corrected chi connectivity index (χ4v) is 4.38. The van der Waals surface area contributed by atoms with Gasteiger partial charge in [0.2, 0.25) is 0 Å². The molecule has 0 unspecified atom stereocenters. The summed E-state index contributed by atoms with van der Waals surface area (Å²) in [6, 6.07) is 3.17. The largest absolute Gasteiger partial charge is 0.560 e. The van der Waals surface area contributed by atoms with Crippen LogP contribution in [-0.2, 0) is 9.47 Å². The van der Waals surface area contributed by atoms with E-state index in [9.17, 15) is 9.18 Å². The lowest BCUT2D eigenvalue weighted by Gasteiger charge is -2.28. The van der Waals surface area contributed by atoms with E-state index in [1.807, 2.05) is 6.82 Å². The van der Waals surface area contributed by atoms with Gasteiger partial charge in [0.1, 0.15) is 11.6 Å². The van der Waals surface area contributed by atoms with E-state index in [1.54, 1.807) is 6.07 Å². The molecule has 6 heteroatoms. The average Bonchev–Trinajstić information content (AvgIpc) is 3.36. The van der Waals surface area contributed by atoms with Crippen LogP contribution in [0.4, 0.5) is 4.39 Å². The number of hydrogen-bond donors (Lipinski definition) is 0. The van der Waals surface area contributed by atoms with Crippen molar-refractivity contribution in [1.82, 2.24) is 0 Å². The Labute approximate surface area is 160 Å². The number of carbonyl (C=O) groups is 1. The summed E-state index contributed by atoms with van der Waals surface area (Å²) in [5.74, 6) is 0.967. The molecule has 2 aliphatic heterocycles. The van der Waals surface area contributed by atoms with Crippen LogP contribution >= 0.6 is 0 Å². The van der Waals surface area contributed by atoms with Gasteiger partial charge < -0.3 is 14.1 Å². The van der Waals surface area contributed by atoms with Crippen LogP contribution in [0.2, 0.25) is 12.1 Å². The predicted molar refractivity (Wildman–Crippen MR) is 102 cm³/mol. The van der Waals surface area contributed by atoms with Gasteiger partial charge in [-0.1, -0.05) is 19.6 Å². The Bertz CT molecular complexity index is 774. The summed E-state index contributed by atoms with van der Waals surface area (Å²) < 4.78 is 31.5. The van der Waals surface area contributed by atoms with Crippen molar-refractivity contribution in [2.75, 3.05) is 19.8 Å². The fraction of sp³-hybridized carbons (Fsp3) is 0.571. The number of hydrogen-bond acceptors (Lipinski definition) is 4. The molecule has 0 N–H and O–H groups in total. The van der Waals surface area contributed by atoms with Crippen LogP contribution in [0.5, 0.6) is 5.75 Å². The highest BCUT2D eigenvalue weighted by molar-refractivity contribution is 6.57. The Morgan fingerprint density at radius 1 is 1.41 bits per heavy atom. The maximum Gasteiger partial charge on any atom is 0.361 e. The highest BCUT2D eigenvalue weighted by Crippen LogP contribution is 2.71. The number of carbonyl (C=O) groups excluding carboxylic acids is 1. The van der Waals surface area contributed by atoms with Gasteiger partial charge in [0.15, 0.2) is 5.78 Å². The Hall–Kier alpha value is -1.82. The molecule has 2 fully saturated rings. The number of halogens is 1. The van der Waals surface area contributed by atoms with Crippen molar-refractivity contribution in [1.29, 1.82) is 0 Å². The number of ether oxygens (including phenoxy) is 2. The smallest absolute Gasteiger partial charge is 0.361 e. The van der Waals surface area contributed by atoms with Gasteiger partial charge in [-0.05, 0) is 48.9 Å². The molecule has 1 aromatic carbocycles. The summed E-state index contributed by atoms with van der Waals surface area (Å²) in [5.41, 5.74) is 1.04. The average molecular weight is 372 g/mol. The quantitative estimate of drug-likeness (QED) is 0.415. The number of Topliss-reactive ketones (excluding diaryl/α,β-unsaturated/α-hetero) is 1. The van der Waals surface area contributed by atoms with E-state index >= 15 is 0 Å². The first-order chi connectivity index (χ1) is 12.9. The van der Waals surface area contributed by atoms with Crippen LogP contribution in [0, 0.1) is 11.7 Å². The van der Waals surface area contributed by atoms with Crippen molar-refractivity contribution < 1.29 is 23.3 Å². The molecule has 2 heterocycles. The van der Waals surface area contributed by atoms with Crippen LogP contribution in [0.15, 0.2) is 24.5 Å². The minimum atomic E-state index is -0.515. The lowest BCUT2D eigenvalue weighted by atomic mass is 9.53. The molecule has 4 nitrogen and oxygen atoms in total. The van der Waals surface area contributed by atoms with Gasteiger partial charge in [0.05, 0.1) is 17.9 Å². The Morgan fingerprint density at radius 2 is 2.15 bits per heavy atom. The molecule has 0 aromatic heterocycles. The topological polar surface area (TPSA) is 44.8 Å². The van der Waals surface area contributed by atoms with Crippen molar-refractivity contribution in [3.63, 3.8) is 0 Å². The molecule has 2 atom stereocenters. The summed E-state index contributed by atoms with van der Waals surface area (Å²) in [4.78, 5) is 12.8. The molecule has 1 saturated heterocycles. The summed E-state index contributed by atoms with van der Waals surface area (Å²) in [7, 11) is 0. The summed E-state index contributed by atoms with van der Waals surface area (Å²) >= 11 is 0. The number of ketones is 1. The van der Waals surface area contributed by atoms with E-state index in [2.05, 4.69) is 13.5 Å². The summed E-state index contributed by atoms with van der Waals surface area (Å²) in [5, 5.41) is 0.107. The Kier molecular flexibility index (Phi) is 4.79. The van der Waals surface area contributed by atoms with Gasteiger partial charge >= 0.3 is 6.92 Å². The third-order valence-electron chi connectivity index (χ3n) is 6.59. The molecule has 3 aliphatic rings. The molecule has 0 radical (unpaired) electrons. The van der Waals surface area contributed by atoms with Crippen molar-refractivity contribution in [3.8, 4) is 5.75 Å². The second kappa shape index (κ2) is 6.97. The zero-order valence-electron chi connectivity index (χ0n) is 16.1. The van der Waals surface area contributed by atoms with Crippen molar-refractivity contribution in [2.24, 2.45) is 5.92 Å². The first kappa shape index (κ1) is 18.5. The van der Waals surface area contributed by atoms with Crippen LogP contribution in [0.3, 0.4) is 0 Å². The van der Waals surface area contributed by atoms with Crippen molar-refractivity contribution in [2.45, 2.75) is 50.7 Å². The third-order valence-corrected chi connectivity index (χ3v) is 6.59. The second-order valence-electron chi connectivity index (χ2n) is 8.24. The first-order valence-corrected chi connectivity index (χ1v) is 9.83. The van der Waals surface area contributed by atoms with Gasteiger partial charge in [-0.25, -0.2) is 4.39 Å². The lowest BCUT2D eigenvalue weighted by Crippen LogP contribution is -2.30. The van der Waals surface area contributed by atoms with Crippen molar-refractivity contribution >= 4 is 12.7 Å². The molecule has 4 rings (SSSR count). The van der Waals surface area contributed by atoms with Crippen LogP contribution in [0.1, 0.15) is 54.4 Å². The number of allylic oxidation sites excluding steroid dienone is 1. The fourth-order valence-electron chi connectivity index (χ4n) is 4.38. The normalized spacial score (nSPS) is 26.6. The second-order valence-corrected chi connectivity index (χ2v) is 8.24. The number of rotatable bonds is 6. The van der Waals surface area contributed by atoms with Gasteiger partial charge in [0, 0.05) is 25.6 Å². The molecule has 1 aliphatic carbocycles. The monoisotopic (exact) mass is 372 g/mol. The molecule has 0 bridgehead atoms. The molecule has 27 heavy (non-hydrogen) atoms. The van der Waals surface area contributed by atoms with E-state index in [0.717, 1.165) is 24.8 Å². The van der Waals surface area contributed by atoms with E-state index < -0.39 is 5.82 Å². The van der Waals surface area contributed by atoms with E-state index in [0.29, 0.717) is 30.6 Å². The van der Waals surface area contributed by atoms with Gasteiger partial charge in [0.25, 0.3) is 0 Å². The third kappa shape index (κ3) is 3.29. The molecule has 1 saturated carbocycles. The van der Waals surface area contributed by atoms with E-state index in [1.165, 1.54) is 6.07 Å². The van der Waals surface area contributed by atoms with Crippen LogP contribution in [0.25, 0.3) is 0 Å². The van der Waals surface area contributed by atoms with Crippen LogP contribution in [-0.4, -0.2) is 32.5 Å². The Balaban J connectivity index is 1.43. The maximum absolute atomic E-state index is 14.5. The first-order valence-electron chi connectivity index (χ1n) is 9.83. The molecular weight excluding hydrogens is 346 g/mol. The summed E-state index contributed by atoms with van der Waals surface area (Å²) in [6.45, 7) is 9.78. The minimum absolute atomic E-state index is 0.0205. The van der Waals surface area contributed by atoms with Gasteiger partial charge in [-0.15, -0.1) is 0 Å². The van der Waals surface area contributed by atoms with Gasteiger partial charge in [-0.3, -0.25) is 4.79 Å². The zero-order chi connectivity index (χ0) is 19.2. The maximum atomic E-state index is 14.5. The van der Waals surface area contributed by atoms with Crippen LogP contribution < -0.4 is 4.65 Å². The van der Waals surface area contributed by atoms with E-state index in [-0.39, 0.29) is 42.5 Å². The molecule has 1 aromatic rings. The van der Waals surface area contributed by atoms with Gasteiger partial charge in [-0.2, -0.15) is 0 Å². The standard InChI is InChI=1S/C21H26BFO4/c1-13(14-6-9-25-10-7-14)26-11-8-18(24)19-17(23)5-4-15-16-12-21(16,2)22(3)27-20(15)19/h4-5,14,16H,1,6-12H2,2-3H3/t16-,21-/m1/s1. The highest BCUT2D eigenvalue weighted by Gasteiger charge is 2.61. The van der Waals surface area contributed by atoms with Crippen molar-refractivity contribution in [3.05, 3.63) is 41.4 Å². The SMILES string of the molecule is C=C(OCCC(=O)c1c(F)ccc2c1OB(C)[C@]1(C)C[C@H]21)C1CCOCC1. The summed E-state index contributed by atoms with van der Waals surface area (Å²) in [6.07, 6.45) is 2.91. The molecule has 0 amide bonds. The minimum Gasteiger partial charge on any atom is -0.560 e. The van der Waals surface area contributed by atoms with E-state index in [4.69, 9.17) is 14.1 Å².